The maximum atomic E-state index is 5.77. The van der Waals surface area contributed by atoms with Crippen LogP contribution < -0.4 is 5.73 Å². The maximum Gasteiger partial charge on any atom is 0.135 e. The van der Waals surface area contributed by atoms with Crippen LogP contribution in [0.1, 0.15) is 0 Å². The molecular formula is C7H10N6. The summed E-state index contributed by atoms with van der Waals surface area (Å²) in [4.78, 5) is 5.60. The van der Waals surface area contributed by atoms with Gasteiger partial charge in [-0.2, -0.15) is 15.0 Å². The van der Waals surface area contributed by atoms with Crippen LogP contribution in [-0.2, 0) is 14.1 Å². The van der Waals surface area contributed by atoms with Gasteiger partial charge in [0.2, 0.25) is 0 Å². The summed E-state index contributed by atoms with van der Waals surface area (Å²) in [6.07, 6.45) is 3.29. The smallest absolute Gasteiger partial charge is 0.135 e. The molecule has 0 aliphatic heterocycles. The summed E-state index contributed by atoms with van der Waals surface area (Å²) in [5.74, 6) is 0.598. The van der Waals surface area contributed by atoms with Crippen LogP contribution in [0.15, 0.2) is 12.5 Å². The van der Waals surface area contributed by atoms with E-state index < -0.39 is 0 Å². The van der Waals surface area contributed by atoms with Gasteiger partial charge in [-0.05, 0) is 0 Å². The second-order valence-electron chi connectivity index (χ2n) is 2.81. The summed E-state index contributed by atoms with van der Waals surface area (Å²) in [6, 6.07) is 0. The number of imidazole rings is 1. The van der Waals surface area contributed by atoms with E-state index >= 15 is 0 Å². The minimum absolute atomic E-state index is 0.598. The lowest BCUT2D eigenvalue weighted by Gasteiger charge is -1.94. The summed E-state index contributed by atoms with van der Waals surface area (Å²) in [7, 11) is 3.59. The largest absolute Gasteiger partial charge is 0.383 e. The first-order valence-corrected chi connectivity index (χ1v) is 3.82. The Morgan fingerprint density at radius 2 is 2.15 bits per heavy atom. The number of aryl methyl sites for hydroxylation is 2. The monoisotopic (exact) mass is 178 g/mol. The second kappa shape index (κ2) is 2.58. The Kier molecular flexibility index (Phi) is 1.54. The lowest BCUT2D eigenvalue weighted by atomic mass is 10.3. The van der Waals surface area contributed by atoms with Crippen molar-refractivity contribution in [2.24, 2.45) is 14.1 Å². The van der Waals surface area contributed by atoms with Gasteiger partial charge in [-0.25, -0.2) is 4.98 Å². The average molecular weight is 178 g/mol. The Morgan fingerprint density at radius 1 is 1.38 bits per heavy atom. The highest BCUT2D eigenvalue weighted by atomic mass is 15.4. The molecule has 0 radical (unpaired) electrons. The first kappa shape index (κ1) is 7.78. The minimum atomic E-state index is 0.598. The highest BCUT2D eigenvalue weighted by molar-refractivity contribution is 5.65. The number of hydrogen-bond donors (Lipinski definition) is 1. The number of aromatic nitrogens is 5. The molecule has 0 aliphatic rings. The zero-order valence-electron chi connectivity index (χ0n) is 7.47. The van der Waals surface area contributed by atoms with Gasteiger partial charge in [-0.3, -0.25) is 0 Å². The number of nitrogens with zero attached hydrogens (tertiary/aromatic N) is 5. The van der Waals surface area contributed by atoms with E-state index in [4.69, 9.17) is 5.73 Å². The van der Waals surface area contributed by atoms with Gasteiger partial charge in [0.25, 0.3) is 0 Å². The van der Waals surface area contributed by atoms with Crippen LogP contribution in [0.2, 0.25) is 0 Å². The van der Waals surface area contributed by atoms with E-state index in [1.807, 2.05) is 7.05 Å². The van der Waals surface area contributed by atoms with Gasteiger partial charge in [0.05, 0.1) is 12.5 Å². The van der Waals surface area contributed by atoms with Crippen molar-refractivity contribution >= 4 is 5.82 Å². The zero-order valence-corrected chi connectivity index (χ0v) is 7.47. The normalized spacial score (nSPS) is 10.6. The first-order valence-electron chi connectivity index (χ1n) is 3.82. The Bertz CT molecular complexity index is 426. The van der Waals surface area contributed by atoms with Crippen molar-refractivity contribution in [2.45, 2.75) is 0 Å². The summed E-state index contributed by atoms with van der Waals surface area (Å²) < 4.78 is 1.74. The fourth-order valence-electron chi connectivity index (χ4n) is 1.09. The molecule has 2 aromatic heterocycles. The Morgan fingerprint density at radius 3 is 2.62 bits per heavy atom. The number of hydrogen-bond acceptors (Lipinski definition) is 4. The van der Waals surface area contributed by atoms with Crippen molar-refractivity contribution in [1.82, 2.24) is 24.5 Å². The van der Waals surface area contributed by atoms with Gasteiger partial charge in [0, 0.05) is 14.1 Å². The summed E-state index contributed by atoms with van der Waals surface area (Å²) in [5.41, 5.74) is 7.14. The van der Waals surface area contributed by atoms with Crippen LogP contribution in [0.3, 0.4) is 0 Å². The number of rotatable bonds is 1. The lowest BCUT2D eigenvalue weighted by Crippen LogP contribution is -1.96. The fraction of sp³-hybridized carbons (Fsp3) is 0.286. The van der Waals surface area contributed by atoms with Crippen LogP contribution in [0.25, 0.3) is 11.4 Å². The van der Waals surface area contributed by atoms with E-state index in [-0.39, 0.29) is 0 Å². The van der Waals surface area contributed by atoms with Crippen molar-refractivity contribution < 1.29 is 0 Å². The fourth-order valence-corrected chi connectivity index (χ4v) is 1.09. The van der Waals surface area contributed by atoms with E-state index in [1.54, 1.807) is 24.1 Å². The molecule has 0 fully saturated rings. The van der Waals surface area contributed by atoms with Crippen LogP contribution in [0.4, 0.5) is 5.82 Å². The lowest BCUT2D eigenvalue weighted by molar-refractivity contribution is 0.655. The molecule has 0 spiro atoms. The molecule has 0 unspecified atom stereocenters. The summed E-state index contributed by atoms with van der Waals surface area (Å²) in [5, 5.41) is 8.05. The SMILES string of the molecule is Cn1ncc(-c2ncn(C)c2N)n1. The van der Waals surface area contributed by atoms with Gasteiger partial charge >= 0.3 is 0 Å². The first-order chi connectivity index (χ1) is 6.18. The van der Waals surface area contributed by atoms with E-state index in [0.717, 1.165) is 0 Å². The van der Waals surface area contributed by atoms with E-state index in [0.29, 0.717) is 17.2 Å². The molecule has 13 heavy (non-hydrogen) atoms. The van der Waals surface area contributed by atoms with Gasteiger partial charge in [0.15, 0.2) is 0 Å². The van der Waals surface area contributed by atoms with Gasteiger partial charge in [-0.15, -0.1) is 0 Å². The maximum absolute atomic E-state index is 5.77. The van der Waals surface area contributed by atoms with Crippen molar-refractivity contribution in [1.29, 1.82) is 0 Å². The summed E-state index contributed by atoms with van der Waals surface area (Å²) in [6.45, 7) is 0. The molecule has 0 atom stereocenters. The van der Waals surface area contributed by atoms with Gasteiger partial charge in [-0.1, -0.05) is 0 Å². The molecule has 0 amide bonds. The van der Waals surface area contributed by atoms with Crippen molar-refractivity contribution in [3.05, 3.63) is 12.5 Å². The van der Waals surface area contributed by atoms with E-state index in [1.165, 1.54) is 4.80 Å². The van der Waals surface area contributed by atoms with Crippen LogP contribution in [0, 0.1) is 0 Å². The second-order valence-corrected chi connectivity index (χ2v) is 2.81. The molecule has 0 bridgehead atoms. The predicted octanol–water partition coefficient (Wildman–Crippen LogP) is -0.202. The molecule has 6 nitrogen and oxygen atoms in total. The molecule has 2 aromatic rings. The Hall–Kier alpha value is -1.85. The molecule has 0 saturated heterocycles. The third-order valence-corrected chi connectivity index (χ3v) is 1.82. The molecule has 2 rings (SSSR count). The third kappa shape index (κ3) is 1.16. The average Bonchev–Trinajstić information content (AvgIpc) is 2.62. The summed E-state index contributed by atoms with van der Waals surface area (Å²) >= 11 is 0. The molecular weight excluding hydrogens is 168 g/mol. The van der Waals surface area contributed by atoms with Crippen molar-refractivity contribution in [2.75, 3.05) is 5.73 Å². The van der Waals surface area contributed by atoms with Gasteiger partial charge < -0.3 is 10.3 Å². The number of nitrogen functional groups attached to an aromatic ring is 1. The Labute approximate surface area is 75.0 Å². The molecule has 2 N–H and O–H groups in total. The minimum Gasteiger partial charge on any atom is -0.383 e. The quantitative estimate of drug-likeness (QED) is 0.656. The number of nitrogens with two attached hydrogens (primary N) is 1. The van der Waals surface area contributed by atoms with E-state index in [2.05, 4.69) is 15.2 Å². The molecule has 6 heteroatoms. The van der Waals surface area contributed by atoms with Gasteiger partial charge in [0.1, 0.15) is 17.2 Å². The topological polar surface area (TPSA) is 74.5 Å². The van der Waals surface area contributed by atoms with Crippen LogP contribution in [-0.4, -0.2) is 24.5 Å². The van der Waals surface area contributed by atoms with Crippen molar-refractivity contribution in [3.63, 3.8) is 0 Å². The highest BCUT2D eigenvalue weighted by Gasteiger charge is 2.10. The highest BCUT2D eigenvalue weighted by Crippen LogP contribution is 2.19. The van der Waals surface area contributed by atoms with Crippen LogP contribution in [0.5, 0.6) is 0 Å². The number of anilines is 1. The molecule has 0 aromatic carbocycles. The predicted molar refractivity (Wildman–Crippen MR) is 47.6 cm³/mol. The standard InChI is InChI=1S/C7H10N6/c1-12-4-9-6(7(12)8)5-3-10-13(2)11-5/h3-4H,8H2,1-2H3. The van der Waals surface area contributed by atoms with E-state index in [9.17, 15) is 0 Å². The molecule has 68 valence electrons. The zero-order chi connectivity index (χ0) is 9.42. The molecule has 0 saturated carbocycles. The molecule has 2 heterocycles. The van der Waals surface area contributed by atoms with Crippen molar-refractivity contribution in [3.8, 4) is 11.4 Å². The molecule has 0 aliphatic carbocycles. The Balaban J connectivity index is 2.52. The third-order valence-electron chi connectivity index (χ3n) is 1.82. The van der Waals surface area contributed by atoms with Crippen LogP contribution >= 0.6 is 0 Å².